The van der Waals surface area contributed by atoms with E-state index in [0.29, 0.717) is 42.1 Å². The SMILES string of the molecule is N#C/C(=C\C1CC1)C(=O)N1CCN(C(=O)NC2(C#Cc3ccc(Cl)c(Cl)c3)CC2)CC1. The molecule has 0 aromatic heterocycles. The van der Waals surface area contributed by atoms with Crippen LogP contribution >= 0.6 is 23.2 Å². The molecule has 1 aromatic rings. The van der Waals surface area contributed by atoms with Crippen LogP contribution in [0.4, 0.5) is 4.79 Å². The van der Waals surface area contributed by atoms with Gasteiger partial charge in [0.15, 0.2) is 0 Å². The van der Waals surface area contributed by atoms with Gasteiger partial charge in [0, 0.05) is 31.7 Å². The molecule has 6 nitrogen and oxygen atoms in total. The summed E-state index contributed by atoms with van der Waals surface area (Å²) in [4.78, 5) is 28.6. The fourth-order valence-corrected chi connectivity index (χ4v) is 3.69. The van der Waals surface area contributed by atoms with Gasteiger partial charge in [0.25, 0.3) is 5.91 Å². The van der Waals surface area contributed by atoms with E-state index >= 15 is 0 Å². The minimum atomic E-state index is -0.517. The van der Waals surface area contributed by atoms with Crippen molar-refractivity contribution in [2.45, 2.75) is 31.2 Å². The third-order valence-electron chi connectivity index (χ3n) is 5.69. The summed E-state index contributed by atoms with van der Waals surface area (Å²) in [6, 6.07) is 7.04. The number of hydrogen-bond acceptors (Lipinski definition) is 3. The maximum atomic E-state index is 12.7. The van der Waals surface area contributed by atoms with Gasteiger partial charge in [-0.2, -0.15) is 5.26 Å². The second kappa shape index (κ2) is 8.83. The normalized spacial score (nSPS) is 19.7. The van der Waals surface area contributed by atoms with Crippen molar-refractivity contribution in [1.82, 2.24) is 15.1 Å². The average Bonchev–Trinajstić information content (AvgIpc) is 3.70. The molecule has 1 heterocycles. The second-order valence-electron chi connectivity index (χ2n) is 8.20. The Hall–Kier alpha value is -2.67. The zero-order valence-corrected chi connectivity index (χ0v) is 18.5. The Kier molecular flexibility index (Phi) is 6.14. The molecule has 0 unspecified atom stereocenters. The van der Waals surface area contributed by atoms with Crippen LogP contribution in [0, 0.1) is 29.1 Å². The second-order valence-corrected chi connectivity index (χ2v) is 9.01. The van der Waals surface area contributed by atoms with Crippen LogP contribution in [-0.2, 0) is 4.79 Å². The molecule has 160 valence electrons. The van der Waals surface area contributed by atoms with E-state index in [1.165, 1.54) is 0 Å². The van der Waals surface area contributed by atoms with Crippen LogP contribution in [0.2, 0.25) is 10.0 Å². The number of piperazine rings is 1. The van der Waals surface area contributed by atoms with E-state index in [2.05, 4.69) is 17.2 Å². The predicted octanol–water partition coefficient (Wildman–Crippen LogP) is 3.59. The van der Waals surface area contributed by atoms with Gasteiger partial charge in [-0.15, -0.1) is 0 Å². The molecule has 1 saturated heterocycles. The molecule has 3 fully saturated rings. The van der Waals surface area contributed by atoms with Crippen LogP contribution in [0.3, 0.4) is 0 Å². The van der Waals surface area contributed by atoms with Gasteiger partial charge in [-0.3, -0.25) is 4.79 Å². The highest BCUT2D eigenvalue weighted by Crippen LogP contribution is 2.35. The smallest absolute Gasteiger partial charge is 0.318 e. The Morgan fingerprint density at radius 2 is 1.77 bits per heavy atom. The van der Waals surface area contributed by atoms with Gasteiger partial charge < -0.3 is 15.1 Å². The summed E-state index contributed by atoms with van der Waals surface area (Å²) in [6.45, 7) is 1.68. The van der Waals surface area contributed by atoms with E-state index in [9.17, 15) is 14.9 Å². The fourth-order valence-electron chi connectivity index (χ4n) is 3.39. The van der Waals surface area contributed by atoms with Crippen molar-refractivity contribution in [3.63, 3.8) is 0 Å². The average molecular weight is 457 g/mol. The zero-order chi connectivity index (χ0) is 22.0. The largest absolute Gasteiger partial charge is 0.334 e. The molecule has 0 atom stereocenters. The Balaban J connectivity index is 1.31. The Bertz CT molecular complexity index is 1030. The highest BCUT2D eigenvalue weighted by Gasteiger charge is 2.44. The van der Waals surface area contributed by atoms with Gasteiger partial charge >= 0.3 is 6.03 Å². The van der Waals surface area contributed by atoms with Crippen molar-refractivity contribution in [3.05, 3.63) is 45.5 Å². The van der Waals surface area contributed by atoms with Gasteiger partial charge in [0.1, 0.15) is 17.2 Å². The van der Waals surface area contributed by atoms with E-state index in [4.69, 9.17) is 23.2 Å². The number of carbonyl (C=O) groups excluding carboxylic acids is 2. The van der Waals surface area contributed by atoms with Crippen LogP contribution in [-0.4, -0.2) is 53.5 Å². The maximum absolute atomic E-state index is 12.7. The number of halogens is 2. The lowest BCUT2D eigenvalue weighted by Gasteiger charge is -2.35. The number of nitriles is 1. The highest BCUT2D eigenvalue weighted by molar-refractivity contribution is 6.42. The van der Waals surface area contributed by atoms with Gasteiger partial charge in [-0.1, -0.05) is 41.1 Å². The number of hydrogen-bond donors (Lipinski definition) is 1. The van der Waals surface area contributed by atoms with E-state index in [1.807, 2.05) is 6.07 Å². The number of nitrogens with zero attached hydrogens (tertiary/aromatic N) is 3. The number of nitrogens with one attached hydrogen (secondary N) is 1. The monoisotopic (exact) mass is 456 g/mol. The summed E-state index contributed by atoms with van der Waals surface area (Å²) in [5.74, 6) is 6.36. The van der Waals surface area contributed by atoms with Crippen LogP contribution in [0.25, 0.3) is 0 Å². The third-order valence-corrected chi connectivity index (χ3v) is 6.43. The van der Waals surface area contributed by atoms with Crippen molar-refractivity contribution in [2.75, 3.05) is 26.2 Å². The molecular formula is C23H22Cl2N4O2. The Morgan fingerprint density at radius 3 is 2.35 bits per heavy atom. The molecule has 3 amide bonds. The van der Waals surface area contributed by atoms with Crippen molar-refractivity contribution >= 4 is 35.1 Å². The lowest BCUT2D eigenvalue weighted by atomic mass is 10.1. The summed E-state index contributed by atoms with van der Waals surface area (Å²) in [5, 5.41) is 13.2. The molecule has 1 aromatic carbocycles. The first kappa shape index (κ1) is 21.6. The molecule has 0 radical (unpaired) electrons. The fraction of sp³-hybridized carbons (Fsp3) is 0.435. The lowest BCUT2D eigenvalue weighted by Crippen LogP contribution is -2.55. The number of allylic oxidation sites excluding steroid dienone is 1. The molecule has 2 saturated carbocycles. The van der Waals surface area contributed by atoms with Crippen LogP contribution in [0.15, 0.2) is 29.8 Å². The van der Waals surface area contributed by atoms with Crippen molar-refractivity contribution in [3.8, 4) is 17.9 Å². The quantitative estimate of drug-likeness (QED) is 0.428. The van der Waals surface area contributed by atoms with Crippen molar-refractivity contribution in [2.24, 2.45) is 5.92 Å². The summed E-state index contributed by atoms with van der Waals surface area (Å²) >= 11 is 12.0. The Labute approximate surface area is 191 Å². The first-order valence-corrected chi connectivity index (χ1v) is 11.1. The first-order chi connectivity index (χ1) is 14.9. The molecule has 0 bridgehead atoms. The first-order valence-electron chi connectivity index (χ1n) is 10.4. The summed E-state index contributed by atoms with van der Waals surface area (Å²) in [6.07, 6.45) is 5.46. The summed E-state index contributed by atoms with van der Waals surface area (Å²) in [5.41, 5.74) is 0.446. The number of amides is 3. The Morgan fingerprint density at radius 1 is 1.10 bits per heavy atom. The van der Waals surface area contributed by atoms with Gasteiger partial charge in [-0.05, 0) is 49.8 Å². The molecule has 0 spiro atoms. The lowest BCUT2D eigenvalue weighted by molar-refractivity contribution is -0.128. The molecule has 8 heteroatoms. The molecule has 31 heavy (non-hydrogen) atoms. The summed E-state index contributed by atoms with van der Waals surface area (Å²) < 4.78 is 0. The van der Waals surface area contributed by atoms with Crippen molar-refractivity contribution in [1.29, 1.82) is 5.26 Å². The van der Waals surface area contributed by atoms with E-state index < -0.39 is 5.54 Å². The minimum absolute atomic E-state index is 0.179. The van der Waals surface area contributed by atoms with Crippen LogP contribution < -0.4 is 5.32 Å². The van der Waals surface area contributed by atoms with Crippen molar-refractivity contribution < 1.29 is 9.59 Å². The maximum Gasteiger partial charge on any atom is 0.318 e. The number of rotatable bonds is 3. The molecule has 1 N–H and O–H groups in total. The highest BCUT2D eigenvalue weighted by atomic mass is 35.5. The van der Waals surface area contributed by atoms with E-state index in [-0.39, 0.29) is 17.5 Å². The molecular weight excluding hydrogens is 435 g/mol. The molecule has 3 aliphatic rings. The van der Waals surface area contributed by atoms with Gasteiger partial charge in [-0.25, -0.2) is 4.79 Å². The predicted molar refractivity (Wildman–Crippen MR) is 118 cm³/mol. The summed E-state index contributed by atoms with van der Waals surface area (Å²) in [7, 11) is 0. The van der Waals surface area contributed by atoms with Gasteiger partial charge in [0.05, 0.1) is 10.0 Å². The standard InChI is InChI=1S/C23H22Cl2N4O2/c24-19-4-3-17(14-20(19)25)5-6-23(7-8-23)27-22(31)29-11-9-28(10-12-29)21(30)18(15-26)13-16-1-2-16/h3-4,13-14,16H,1-2,7-12H2,(H,27,31)/b18-13+. The molecule has 1 aliphatic heterocycles. The minimum Gasteiger partial charge on any atom is -0.334 e. The third kappa shape index (κ3) is 5.34. The molecule has 4 rings (SSSR count). The topological polar surface area (TPSA) is 76.4 Å². The van der Waals surface area contributed by atoms with Crippen LogP contribution in [0.1, 0.15) is 31.2 Å². The number of benzene rings is 1. The number of carbonyl (C=O) groups is 2. The van der Waals surface area contributed by atoms with Gasteiger partial charge in [0.2, 0.25) is 0 Å². The van der Waals surface area contributed by atoms with E-state index in [1.54, 1.807) is 34.1 Å². The van der Waals surface area contributed by atoms with E-state index in [0.717, 1.165) is 31.2 Å². The number of urea groups is 1. The molecule has 2 aliphatic carbocycles. The van der Waals surface area contributed by atoms with Crippen LogP contribution in [0.5, 0.6) is 0 Å². The zero-order valence-electron chi connectivity index (χ0n) is 17.0.